The summed E-state index contributed by atoms with van der Waals surface area (Å²) in [5.74, 6) is -1.28. The van der Waals surface area contributed by atoms with Crippen molar-refractivity contribution >= 4 is 43.0 Å². The molecule has 0 bridgehead atoms. The van der Waals surface area contributed by atoms with E-state index in [9.17, 15) is 26.4 Å². The summed E-state index contributed by atoms with van der Waals surface area (Å²) in [5.41, 5.74) is 0.138. The second kappa shape index (κ2) is 13.3. The van der Waals surface area contributed by atoms with Gasteiger partial charge < -0.3 is 4.90 Å². The first-order valence-electron chi connectivity index (χ1n) is 11.0. The number of fused-ring (bicyclic) bond motifs is 1. The van der Waals surface area contributed by atoms with Gasteiger partial charge in [-0.25, -0.2) is 21.6 Å². The summed E-state index contributed by atoms with van der Waals surface area (Å²) in [6, 6.07) is 0.406. The minimum atomic E-state index is -4.44. The Labute approximate surface area is 217 Å². The van der Waals surface area contributed by atoms with Gasteiger partial charge in [-0.2, -0.15) is 0 Å². The van der Waals surface area contributed by atoms with Crippen LogP contribution in [0.5, 0.6) is 0 Å². The van der Waals surface area contributed by atoms with E-state index >= 15 is 0 Å². The van der Waals surface area contributed by atoms with E-state index < -0.39 is 52.0 Å². The summed E-state index contributed by atoms with van der Waals surface area (Å²) in [6.45, 7) is 2.90. The van der Waals surface area contributed by atoms with E-state index in [0.717, 1.165) is 6.07 Å². The molecule has 0 fully saturated rings. The number of carbonyl (C=O) groups is 2. The minimum Gasteiger partial charge on any atom is -0.336 e. The number of hydrogen-bond acceptors (Lipinski definition) is 15. The molecule has 212 valence electrons. The Balaban J connectivity index is 2.26. The van der Waals surface area contributed by atoms with E-state index in [0.29, 0.717) is 11.3 Å². The highest BCUT2D eigenvalue weighted by atomic mass is 32.3. The van der Waals surface area contributed by atoms with E-state index in [1.165, 1.54) is 11.8 Å². The maximum atomic E-state index is 13.0. The SMILES string of the molecule is CCN(C(=O)CCCON(O)O)[C@H]1CC(C)S(=O)(=O)c2sc(S(=O)(=O)NC(=O)CCCON(O)O)cc21. The van der Waals surface area contributed by atoms with Crippen molar-refractivity contribution in [3.05, 3.63) is 11.6 Å². The van der Waals surface area contributed by atoms with E-state index in [2.05, 4.69) is 9.68 Å². The number of nitrogens with one attached hydrogen (secondary N) is 1. The summed E-state index contributed by atoms with van der Waals surface area (Å²) in [6.07, 6.45) is -0.255. The molecular formula is C18H30N4O12S3. The standard InChI is InChI=1S/C18H30N4O12S3/c1-3-20(16(24)7-5-9-34-22(27)28)14-10-12(2)36(29,30)18-13(14)11-17(35-18)37(31,32)19-15(23)6-4-8-33-21(25)26/h11-12,14,25-28H,3-10H2,1-2H3,(H,19,23)/t12?,14-/m0/s1. The van der Waals surface area contributed by atoms with Crippen LogP contribution in [-0.2, 0) is 39.1 Å². The van der Waals surface area contributed by atoms with Gasteiger partial charge in [0.15, 0.2) is 9.84 Å². The molecule has 5 N–H and O–H groups in total. The van der Waals surface area contributed by atoms with E-state index in [4.69, 9.17) is 20.8 Å². The molecule has 1 unspecified atom stereocenters. The third-order valence-electron chi connectivity index (χ3n) is 5.45. The van der Waals surface area contributed by atoms with E-state index in [1.54, 1.807) is 6.92 Å². The third-order valence-corrected chi connectivity index (χ3v) is 11.2. The summed E-state index contributed by atoms with van der Waals surface area (Å²) < 4.78 is 52.9. The zero-order valence-electron chi connectivity index (χ0n) is 20.0. The molecule has 37 heavy (non-hydrogen) atoms. The van der Waals surface area contributed by atoms with Crippen LogP contribution < -0.4 is 4.72 Å². The van der Waals surface area contributed by atoms with Crippen molar-refractivity contribution in [1.82, 2.24) is 20.4 Å². The molecule has 0 radical (unpaired) electrons. The molecular weight excluding hydrogens is 560 g/mol. The second-order valence-electron chi connectivity index (χ2n) is 8.00. The maximum absolute atomic E-state index is 13.0. The molecule has 19 heteroatoms. The van der Waals surface area contributed by atoms with Gasteiger partial charge in [0.05, 0.1) is 35.3 Å². The van der Waals surface area contributed by atoms with Gasteiger partial charge in [0, 0.05) is 24.9 Å². The number of sulfonamides is 1. The van der Waals surface area contributed by atoms with Gasteiger partial charge in [0.2, 0.25) is 11.8 Å². The monoisotopic (exact) mass is 590 g/mol. The molecule has 0 spiro atoms. The summed E-state index contributed by atoms with van der Waals surface area (Å²) in [4.78, 5) is 35.1. The number of hydrogen-bond donors (Lipinski definition) is 5. The first kappa shape index (κ1) is 31.4. The Hall–Kier alpha value is -1.78. The predicted octanol–water partition coefficient (Wildman–Crippen LogP) is 0.593. The van der Waals surface area contributed by atoms with E-state index in [1.807, 2.05) is 4.72 Å². The van der Waals surface area contributed by atoms with Crippen LogP contribution in [0.1, 0.15) is 57.6 Å². The third kappa shape index (κ3) is 8.35. The Morgan fingerprint density at radius 1 is 1.11 bits per heavy atom. The van der Waals surface area contributed by atoms with Gasteiger partial charge in [-0.1, -0.05) is 0 Å². The molecule has 0 aromatic carbocycles. The van der Waals surface area contributed by atoms with Crippen molar-refractivity contribution in [1.29, 1.82) is 0 Å². The molecule has 1 aromatic heterocycles. The quantitative estimate of drug-likeness (QED) is 0.148. The average molecular weight is 591 g/mol. The maximum Gasteiger partial charge on any atom is 0.273 e. The van der Waals surface area contributed by atoms with Crippen LogP contribution in [0.15, 0.2) is 14.5 Å². The molecule has 1 aliphatic rings. The van der Waals surface area contributed by atoms with Gasteiger partial charge in [-0.3, -0.25) is 40.1 Å². The molecule has 16 nitrogen and oxygen atoms in total. The van der Waals surface area contributed by atoms with Crippen LogP contribution in [0, 0.1) is 0 Å². The van der Waals surface area contributed by atoms with Crippen LogP contribution in [0.3, 0.4) is 0 Å². The van der Waals surface area contributed by atoms with Gasteiger partial charge >= 0.3 is 0 Å². The normalized spacial score (nSPS) is 19.1. The lowest BCUT2D eigenvalue weighted by Gasteiger charge is -2.36. The highest BCUT2D eigenvalue weighted by molar-refractivity contribution is 7.95. The van der Waals surface area contributed by atoms with Crippen molar-refractivity contribution in [3.63, 3.8) is 0 Å². The van der Waals surface area contributed by atoms with E-state index in [-0.39, 0.29) is 67.5 Å². The Bertz CT molecular complexity index is 1150. The first-order valence-corrected chi connectivity index (χ1v) is 14.9. The molecule has 1 aliphatic heterocycles. The molecule has 1 aromatic rings. The fourth-order valence-electron chi connectivity index (χ4n) is 3.71. The Morgan fingerprint density at radius 3 is 2.22 bits per heavy atom. The largest absolute Gasteiger partial charge is 0.336 e. The molecule has 2 heterocycles. The zero-order valence-corrected chi connectivity index (χ0v) is 22.5. The number of carbonyl (C=O) groups excluding carboxylic acids is 2. The lowest BCUT2D eigenvalue weighted by Crippen LogP contribution is -2.40. The summed E-state index contributed by atoms with van der Waals surface area (Å²) >= 11 is 0.488. The van der Waals surface area contributed by atoms with Crippen molar-refractivity contribution < 1.29 is 56.9 Å². The van der Waals surface area contributed by atoms with Crippen LogP contribution in [-0.4, -0.2) is 90.2 Å². The number of amides is 2. The molecule has 0 saturated carbocycles. The molecule has 2 atom stereocenters. The van der Waals surface area contributed by atoms with Crippen LogP contribution >= 0.6 is 11.3 Å². The first-order chi connectivity index (χ1) is 17.2. The zero-order chi connectivity index (χ0) is 28.0. The topological polar surface area (TPSA) is 224 Å². The lowest BCUT2D eigenvalue weighted by molar-refractivity contribution is -0.492. The second-order valence-corrected chi connectivity index (χ2v) is 13.5. The average Bonchev–Trinajstić information content (AvgIpc) is 3.26. The predicted molar refractivity (Wildman–Crippen MR) is 122 cm³/mol. The molecule has 0 saturated heterocycles. The van der Waals surface area contributed by atoms with Crippen LogP contribution in [0.25, 0.3) is 0 Å². The number of rotatable bonds is 14. The molecule has 0 aliphatic carbocycles. The highest BCUT2D eigenvalue weighted by Gasteiger charge is 2.42. The number of sulfone groups is 1. The van der Waals surface area contributed by atoms with Crippen LogP contribution in [0.2, 0.25) is 0 Å². The number of nitrogens with zero attached hydrogens (tertiary/aromatic N) is 3. The lowest BCUT2D eigenvalue weighted by atomic mass is 10.0. The fraction of sp³-hybridized carbons (Fsp3) is 0.667. The molecule has 2 rings (SSSR count). The number of thiophene rings is 1. The van der Waals surface area contributed by atoms with Crippen LogP contribution in [0.4, 0.5) is 0 Å². The fourth-order valence-corrected chi connectivity index (χ4v) is 8.70. The van der Waals surface area contributed by atoms with Gasteiger partial charge in [0.25, 0.3) is 10.0 Å². The van der Waals surface area contributed by atoms with Crippen molar-refractivity contribution in [2.24, 2.45) is 0 Å². The Morgan fingerprint density at radius 2 is 1.68 bits per heavy atom. The summed E-state index contributed by atoms with van der Waals surface area (Å²) in [7, 11) is -8.34. The van der Waals surface area contributed by atoms with Gasteiger partial charge in [-0.05, 0) is 39.2 Å². The smallest absolute Gasteiger partial charge is 0.273 e. The minimum absolute atomic E-state index is 0.0295. The Kier molecular flexibility index (Phi) is 11.3. The summed E-state index contributed by atoms with van der Waals surface area (Å²) in [5, 5.41) is 32.1. The van der Waals surface area contributed by atoms with Crippen molar-refractivity contribution in [3.8, 4) is 0 Å². The highest BCUT2D eigenvalue weighted by Crippen LogP contribution is 2.45. The van der Waals surface area contributed by atoms with Crippen molar-refractivity contribution in [2.75, 3.05) is 19.8 Å². The van der Waals surface area contributed by atoms with Gasteiger partial charge in [-0.15, -0.1) is 11.3 Å². The molecule has 2 amide bonds. The van der Waals surface area contributed by atoms with Crippen molar-refractivity contribution in [2.45, 2.75) is 65.7 Å². The van der Waals surface area contributed by atoms with Gasteiger partial charge in [0.1, 0.15) is 8.42 Å².